The summed E-state index contributed by atoms with van der Waals surface area (Å²) < 4.78 is 0. The van der Waals surface area contributed by atoms with Crippen molar-refractivity contribution in [3.05, 3.63) is 59.4 Å². The van der Waals surface area contributed by atoms with Crippen LogP contribution in [0.3, 0.4) is 0 Å². The average Bonchev–Trinajstić information content (AvgIpc) is 2.59. The van der Waals surface area contributed by atoms with Gasteiger partial charge in [-0.15, -0.1) is 0 Å². The lowest BCUT2D eigenvalue weighted by Gasteiger charge is -2.36. The fraction of sp³-hybridized carbons (Fsp3) is 0.368. The Kier molecular flexibility index (Phi) is 4.96. The number of hydrogen-bond donors (Lipinski definition) is 1. The summed E-state index contributed by atoms with van der Waals surface area (Å²) in [7, 11) is 0. The van der Waals surface area contributed by atoms with Crippen LogP contribution in [0.2, 0.25) is 0 Å². The van der Waals surface area contributed by atoms with Crippen LogP contribution in [0.15, 0.2) is 48.7 Å². The predicted octanol–water partition coefficient (Wildman–Crippen LogP) is 3.64. The standard InChI is InChI=1S/C19H24N3O/c1-3-21(4-2)12-10-20-18-9-11-22(23)19-14-16-8-6-5-7-15(16)13-17(18)19/h5-9,11,13-14,18,20H,3-4,10,12H2,1-2H3/q-1. The number of likely N-dealkylation sites (N-methyl/N-ethyl adjacent to an activating group) is 1. The number of anilines is 1. The fourth-order valence-corrected chi connectivity index (χ4v) is 3.13. The van der Waals surface area contributed by atoms with Crippen molar-refractivity contribution in [2.45, 2.75) is 19.9 Å². The summed E-state index contributed by atoms with van der Waals surface area (Å²) in [6.07, 6.45) is 3.57. The van der Waals surface area contributed by atoms with Crippen LogP contribution in [-0.2, 0) is 0 Å². The summed E-state index contributed by atoms with van der Waals surface area (Å²) in [6.45, 7) is 8.41. The Morgan fingerprint density at radius 3 is 2.52 bits per heavy atom. The van der Waals surface area contributed by atoms with Crippen LogP contribution >= 0.6 is 0 Å². The SMILES string of the molecule is CCN(CC)CCNC1C=CN([O-])c2cc3ccccc3cc21. The molecule has 3 rings (SSSR count). The molecule has 2 aromatic carbocycles. The average molecular weight is 310 g/mol. The van der Waals surface area contributed by atoms with Gasteiger partial charge in [0, 0.05) is 18.8 Å². The van der Waals surface area contributed by atoms with E-state index in [4.69, 9.17) is 0 Å². The third-order valence-corrected chi connectivity index (χ3v) is 4.57. The Morgan fingerprint density at radius 2 is 1.83 bits per heavy atom. The maximum Gasteiger partial charge on any atom is 0.0544 e. The summed E-state index contributed by atoms with van der Waals surface area (Å²) in [6, 6.07) is 12.4. The van der Waals surface area contributed by atoms with Gasteiger partial charge < -0.3 is 20.5 Å². The van der Waals surface area contributed by atoms with Gasteiger partial charge in [-0.25, -0.2) is 0 Å². The van der Waals surface area contributed by atoms with E-state index in [9.17, 15) is 5.21 Å². The maximum atomic E-state index is 12.1. The van der Waals surface area contributed by atoms with Gasteiger partial charge in [-0.2, -0.15) is 0 Å². The Labute approximate surface area is 138 Å². The first-order valence-corrected chi connectivity index (χ1v) is 8.36. The molecule has 0 fully saturated rings. The van der Waals surface area contributed by atoms with Crippen LogP contribution in [0.5, 0.6) is 0 Å². The first-order chi connectivity index (χ1) is 11.2. The number of nitrogens with one attached hydrogen (secondary N) is 1. The lowest BCUT2D eigenvalue weighted by molar-refractivity contribution is 0.299. The van der Waals surface area contributed by atoms with Crippen LogP contribution in [0.1, 0.15) is 25.5 Å². The van der Waals surface area contributed by atoms with Crippen molar-refractivity contribution in [2.75, 3.05) is 31.2 Å². The van der Waals surface area contributed by atoms with Gasteiger partial charge >= 0.3 is 0 Å². The van der Waals surface area contributed by atoms with Crippen molar-refractivity contribution >= 4 is 16.5 Å². The molecule has 1 N–H and O–H groups in total. The molecule has 2 aromatic rings. The van der Waals surface area contributed by atoms with Gasteiger partial charge in [0.1, 0.15) is 0 Å². The highest BCUT2D eigenvalue weighted by atomic mass is 16.5. The van der Waals surface area contributed by atoms with Gasteiger partial charge in [-0.3, -0.25) is 0 Å². The molecular formula is C19H24N3O-. The van der Waals surface area contributed by atoms with Crippen molar-refractivity contribution in [3.63, 3.8) is 0 Å². The molecule has 1 unspecified atom stereocenters. The predicted molar refractivity (Wildman–Crippen MR) is 97.5 cm³/mol. The number of rotatable bonds is 6. The number of hydroxylamine groups is 1. The highest BCUT2D eigenvalue weighted by Crippen LogP contribution is 2.35. The molecule has 1 heterocycles. The van der Waals surface area contributed by atoms with E-state index < -0.39 is 0 Å². The van der Waals surface area contributed by atoms with E-state index in [0.717, 1.165) is 47.9 Å². The molecule has 0 spiro atoms. The normalized spacial score (nSPS) is 17.0. The topological polar surface area (TPSA) is 41.6 Å². The molecule has 23 heavy (non-hydrogen) atoms. The molecule has 4 heteroatoms. The molecule has 0 saturated carbocycles. The molecule has 0 aliphatic carbocycles. The second-order valence-corrected chi connectivity index (χ2v) is 5.88. The molecule has 0 amide bonds. The minimum Gasteiger partial charge on any atom is -0.754 e. The molecule has 1 aliphatic heterocycles. The highest BCUT2D eigenvalue weighted by molar-refractivity contribution is 5.88. The number of nitrogens with zero attached hydrogens (tertiary/aromatic N) is 2. The number of hydrogen-bond acceptors (Lipinski definition) is 4. The lowest BCUT2D eigenvalue weighted by Crippen LogP contribution is -2.34. The van der Waals surface area contributed by atoms with E-state index in [1.165, 1.54) is 5.39 Å². The Morgan fingerprint density at radius 1 is 1.13 bits per heavy atom. The van der Waals surface area contributed by atoms with Gasteiger partial charge in [-0.05, 0) is 53.8 Å². The van der Waals surface area contributed by atoms with Crippen molar-refractivity contribution in [2.24, 2.45) is 0 Å². The summed E-state index contributed by atoms with van der Waals surface area (Å²) in [4.78, 5) is 2.39. The number of fused-ring (bicyclic) bond motifs is 2. The van der Waals surface area contributed by atoms with E-state index in [2.05, 4.69) is 36.2 Å². The monoisotopic (exact) mass is 310 g/mol. The highest BCUT2D eigenvalue weighted by Gasteiger charge is 2.17. The molecule has 0 aromatic heterocycles. The Hall–Kier alpha value is -1.88. The number of benzene rings is 2. The van der Waals surface area contributed by atoms with E-state index in [1.807, 2.05) is 30.3 Å². The lowest BCUT2D eigenvalue weighted by atomic mass is 9.97. The summed E-state index contributed by atoms with van der Waals surface area (Å²) in [5.74, 6) is 0. The van der Waals surface area contributed by atoms with Gasteiger partial charge in [0.05, 0.1) is 6.04 Å². The molecule has 0 bridgehead atoms. The van der Waals surface area contributed by atoms with Gasteiger partial charge in [-0.1, -0.05) is 38.1 Å². The summed E-state index contributed by atoms with van der Waals surface area (Å²) >= 11 is 0. The molecule has 0 radical (unpaired) electrons. The van der Waals surface area contributed by atoms with Crippen molar-refractivity contribution in [1.29, 1.82) is 0 Å². The summed E-state index contributed by atoms with van der Waals surface area (Å²) in [5, 5.41) is 18.9. The van der Waals surface area contributed by atoms with Gasteiger partial charge in [0.25, 0.3) is 0 Å². The van der Waals surface area contributed by atoms with Crippen LogP contribution in [0, 0.1) is 5.21 Å². The van der Waals surface area contributed by atoms with Crippen LogP contribution in [-0.4, -0.2) is 31.1 Å². The first-order valence-electron chi connectivity index (χ1n) is 8.36. The molecule has 122 valence electrons. The third-order valence-electron chi connectivity index (χ3n) is 4.57. The van der Waals surface area contributed by atoms with Crippen molar-refractivity contribution in [1.82, 2.24) is 10.2 Å². The smallest absolute Gasteiger partial charge is 0.0544 e. The van der Waals surface area contributed by atoms with E-state index in [1.54, 1.807) is 6.20 Å². The maximum absolute atomic E-state index is 12.1. The summed E-state index contributed by atoms with van der Waals surface area (Å²) in [5.41, 5.74) is 1.80. The van der Waals surface area contributed by atoms with Crippen LogP contribution in [0.4, 0.5) is 5.69 Å². The second kappa shape index (κ2) is 7.13. The molecule has 1 aliphatic rings. The molecular weight excluding hydrogens is 286 g/mol. The quantitative estimate of drug-likeness (QED) is 0.884. The van der Waals surface area contributed by atoms with Crippen LogP contribution in [0.25, 0.3) is 10.8 Å². The van der Waals surface area contributed by atoms with Crippen molar-refractivity contribution < 1.29 is 0 Å². The zero-order chi connectivity index (χ0) is 16.2. The minimum atomic E-state index is 0.0929. The Bertz CT molecular complexity index is 694. The largest absolute Gasteiger partial charge is 0.754 e. The third kappa shape index (κ3) is 3.39. The zero-order valence-electron chi connectivity index (χ0n) is 13.8. The van der Waals surface area contributed by atoms with Crippen LogP contribution < -0.4 is 10.4 Å². The van der Waals surface area contributed by atoms with E-state index in [0.29, 0.717) is 0 Å². The van der Waals surface area contributed by atoms with Gasteiger partial charge in [0.2, 0.25) is 0 Å². The van der Waals surface area contributed by atoms with Crippen molar-refractivity contribution in [3.8, 4) is 0 Å². The minimum absolute atomic E-state index is 0.0929. The zero-order valence-corrected chi connectivity index (χ0v) is 13.8. The first kappa shape index (κ1) is 16.0. The molecule has 1 atom stereocenters. The fourth-order valence-electron chi connectivity index (χ4n) is 3.13. The molecule has 0 saturated heterocycles. The molecule has 4 nitrogen and oxygen atoms in total. The Balaban J connectivity index is 1.81. The van der Waals surface area contributed by atoms with E-state index in [-0.39, 0.29) is 6.04 Å². The van der Waals surface area contributed by atoms with E-state index >= 15 is 0 Å². The van der Waals surface area contributed by atoms with Gasteiger partial charge in [0.15, 0.2) is 0 Å². The second-order valence-electron chi connectivity index (χ2n) is 5.88.